The zero-order valence-corrected chi connectivity index (χ0v) is 12.1. The first-order valence-corrected chi connectivity index (χ1v) is 6.57. The first kappa shape index (κ1) is 14.1. The highest BCUT2D eigenvalue weighted by molar-refractivity contribution is 5.97. The van der Waals surface area contributed by atoms with Crippen LogP contribution in [-0.2, 0) is 6.61 Å². The second kappa shape index (κ2) is 5.78. The molecule has 2 rings (SSSR count). The van der Waals surface area contributed by atoms with Crippen LogP contribution >= 0.6 is 0 Å². The number of Topliss-reactive ketones (excluding diaryl/α,β-unsaturated/α-hetero) is 1. The Kier molecular flexibility index (Phi) is 4.08. The third-order valence-corrected chi connectivity index (χ3v) is 3.35. The minimum Gasteiger partial charge on any atom is -0.488 e. The van der Waals surface area contributed by atoms with Gasteiger partial charge >= 0.3 is 0 Å². The Morgan fingerprint density at radius 1 is 1.10 bits per heavy atom. The van der Waals surface area contributed by atoms with Gasteiger partial charge in [-0.1, -0.05) is 18.2 Å². The van der Waals surface area contributed by atoms with E-state index >= 15 is 0 Å². The quantitative estimate of drug-likeness (QED) is 0.680. The molecule has 0 amide bonds. The van der Waals surface area contributed by atoms with E-state index in [0.29, 0.717) is 23.6 Å². The average Bonchev–Trinajstić information content (AvgIpc) is 2.41. The second-order valence-corrected chi connectivity index (χ2v) is 5.02. The van der Waals surface area contributed by atoms with Crippen molar-refractivity contribution in [2.45, 2.75) is 27.4 Å². The summed E-state index contributed by atoms with van der Waals surface area (Å²) >= 11 is 0. The van der Waals surface area contributed by atoms with Gasteiger partial charge < -0.3 is 10.5 Å². The summed E-state index contributed by atoms with van der Waals surface area (Å²) in [7, 11) is 0. The highest BCUT2D eigenvalue weighted by atomic mass is 16.5. The number of rotatable bonds is 4. The minimum absolute atomic E-state index is 0.0487. The molecule has 3 nitrogen and oxygen atoms in total. The number of benzene rings is 2. The number of ether oxygens (including phenoxy) is 1. The number of hydrogen-bond donors (Lipinski definition) is 1. The summed E-state index contributed by atoms with van der Waals surface area (Å²) in [6.45, 7) is 6.10. The Hall–Kier alpha value is -2.29. The summed E-state index contributed by atoms with van der Waals surface area (Å²) in [5.41, 5.74) is 10.4. The minimum atomic E-state index is -0.0487. The molecule has 0 spiro atoms. The molecule has 2 aromatic rings. The molecular formula is C17H19NO2. The molecular weight excluding hydrogens is 250 g/mol. The number of carbonyl (C=O) groups excluding carboxylic acids is 1. The number of hydrogen-bond acceptors (Lipinski definition) is 3. The molecule has 104 valence electrons. The van der Waals surface area contributed by atoms with Gasteiger partial charge in [0.05, 0.1) is 5.56 Å². The Bertz CT molecular complexity index is 647. The number of carbonyl (C=O) groups is 1. The fraction of sp³-hybridized carbons (Fsp3) is 0.235. The van der Waals surface area contributed by atoms with Crippen molar-refractivity contribution in [3.05, 3.63) is 58.7 Å². The lowest BCUT2D eigenvalue weighted by Crippen LogP contribution is -2.03. The molecule has 0 saturated carbocycles. The number of anilines is 1. The third-order valence-electron chi connectivity index (χ3n) is 3.35. The number of aryl methyl sites for hydroxylation is 2. The molecule has 2 aromatic carbocycles. The zero-order valence-electron chi connectivity index (χ0n) is 12.1. The van der Waals surface area contributed by atoms with E-state index in [2.05, 4.69) is 26.0 Å². The van der Waals surface area contributed by atoms with E-state index in [0.717, 1.165) is 5.56 Å². The van der Waals surface area contributed by atoms with Gasteiger partial charge in [-0.25, -0.2) is 0 Å². The average molecular weight is 269 g/mol. The van der Waals surface area contributed by atoms with E-state index in [9.17, 15) is 4.79 Å². The highest BCUT2D eigenvalue weighted by Gasteiger charge is 2.09. The number of ketones is 1. The molecule has 0 saturated heterocycles. The van der Waals surface area contributed by atoms with Crippen molar-refractivity contribution in [1.82, 2.24) is 0 Å². The lowest BCUT2D eigenvalue weighted by molar-refractivity contribution is 0.101. The van der Waals surface area contributed by atoms with E-state index in [1.165, 1.54) is 18.1 Å². The van der Waals surface area contributed by atoms with Gasteiger partial charge in [0, 0.05) is 5.69 Å². The van der Waals surface area contributed by atoms with Crippen molar-refractivity contribution in [2.24, 2.45) is 0 Å². The predicted molar refractivity (Wildman–Crippen MR) is 81.1 cm³/mol. The molecule has 20 heavy (non-hydrogen) atoms. The monoisotopic (exact) mass is 269 g/mol. The van der Waals surface area contributed by atoms with Crippen LogP contribution in [0.3, 0.4) is 0 Å². The summed E-state index contributed by atoms with van der Waals surface area (Å²) in [6.07, 6.45) is 0. The Morgan fingerprint density at radius 2 is 1.85 bits per heavy atom. The van der Waals surface area contributed by atoms with E-state index < -0.39 is 0 Å². The maximum absolute atomic E-state index is 11.6. The van der Waals surface area contributed by atoms with Gasteiger partial charge in [-0.05, 0) is 55.7 Å². The van der Waals surface area contributed by atoms with Gasteiger partial charge in [-0.2, -0.15) is 0 Å². The molecule has 3 heteroatoms. The normalized spacial score (nSPS) is 10.3. The first-order valence-electron chi connectivity index (χ1n) is 6.57. The number of nitrogen functional groups attached to an aromatic ring is 1. The van der Waals surface area contributed by atoms with E-state index in [1.807, 2.05) is 6.07 Å². The summed E-state index contributed by atoms with van der Waals surface area (Å²) in [5, 5.41) is 0. The van der Waals surface area contributed by atoms with Crippen LogP contribution in [0.5, 0.6) is 5.75 Å². The first-order chi connectivity index (χ1) is 9.47. The molecule has 0 unspecified atom stereocenters. The van der Waals surface area contributed by atoms with Gasteiger partial charge in [0.2, 0.25) is 0 Å². The van der Waals surface area contributed by atoms with Crippen molar-refractivity contribution in [1.29, 1.82) is 0 Å². The van der Waals surface area contributed by atoms with Crippen LogP contribution in [-0.4, -0.2) is 5.78 Å². The fourth-order valence-corrected chi connectivity index (χ4v) is 2.00. The van der Waals surface area contributed by atoms with E-state index in [4.69, 9.17) is 10.5 Å². The molecule has 0 aromatic heterocycles. The summed E-state index contributed by atoms with van der Waals surface area (Å²) in [4.78, 5) is 11.6. The van der Waals surface area contributed by atoms with Crippen molar-refractivity contribution >= 4 is 11.5 Å². The predicted octanol–water partition coefficient (Wildman–Crippen LogP) is 3.67. The molecule has 0 aliphatic rings. The van der Waals surface area contributed by atoms with Gasteiger partial charge in [0.1, 0.15) is 12.4 Å². The van der Waals surface area contributed by atoms with Crippen molar-refractivity contribution < 1.29 is 9.53 Å². The largest absolute Gasteiger partial charge is 0.488 e. The van der Waals surface area contributed by atoms with Crippen LogP contribution in [0.25, 0.3) is 0 Å². The molecule has 0 fully saturated rings. The van der Waals surface area contributed by atoms with Crippen LogP contribution in [0.4, 0.5) is 5.69 Å². The van der Waals surface area contributed by atoms with Gasteiger partial charge in [-0.3, -0.25) is 4.79 Å². The van der Waals surface area contributed by atoms with Crippen molar-refractivity contribution in [3.8, 4) is 5.75 Å². The third kappa shape index (κ3) is 3.18. The Balaban J connectivity index is 2.18. The lowest BCUT2D eigenvalue weighted by Gasteiger charge is -2.11. The van der Waals surface area contributed by atoms with E-state index in [-0.39, 0.29) is 5.78 Å². The fourth-order valence-electron chi connectivity index (χ4n) is 2.00. The molecule has 0 atom stereocenters. The number of nitrogens with two attached hydrogens (primary N) is 1. The SMILES string of the molecule is CC(=O)c1cc(N)ccc1OCc1ccc(C)c(C)c1. The molecule has 0 radical (unpaired) electrons. The summed E-state index contributed by atoms with van der Waals surface area (Å²) in [6, 6.07) is 11.3. The highest BCUT2D eigenvalue weighted by Crippen LogP contribution is 2.23. The van der Waals surface area contributed by atoms with Crippen LogP contribution in [0.2, 0.25) is 0 Å². The standard InChI is InChI=1S/C17H19NO2/c1-11-4-5-14(8-12(11)2)10-20-17-7-6-15(18)9-16(17)13(3)19/h4-9H,10,18H2,1-3H3. The Labute approximate surface area is 119 Å². The summed E-state index contributed by atoms with van der Waals surface area (Å²) < 4.78 is 5.76. The molecule has 0 aliphatic heterocycles. The lowest BCUT2D eigenvalue weighted by atomic mass is 10.1. The van der Waals surface area contributed by atoms with Crippen LogP contribution in [0.1, 0.15) is 34.0 Å². The van der Waals surface area contributed by atoms with E-state index in [1.54, 1.807) is 18.2 Å². The van der Waals surface area contributed by atoms with Crippen LogP contribution in [0.15, 0.2) is 36.4 Å². The maximum Gasteiger partial charge on any atom is 0.163 e. The van der Waals surface area contributed by atoms with Crippen LogP contribution in [0, 0.1) is 13.8 Å². The maximum atomic E-state index is 11.6. The second-order valence-electron chi connectivity index (χ2n) is 5.02. The zero-order chi connectivity index (χ0) is 14.7. The molecule has 2 N–H and O–H groups in total. The van der Waals surface area contributed by atoms with Gasteiger partial charge in [-0.15, -0.1) is 0 Å². The molecule has 0 bridgehead atoms. The smallest absolute Gasteiger partial charge is 0.163 e. The molecule has 0 heterocycles. The molecule has 0 aliphatic carbocycles. The Morgan fingerprint density at radius 3 is 2.50 bits per heavy atom. The summed E-state index contributed by atoms with van der Waals surface area (Å²) in [5.74, 6) is 0.525. The van der Waals surface area contributed by atoms with Crippen LogP contribution < -0.4 is 10.5 Å². The van der Waals surface area contributed by atoms with Gasteiger partial charge in [0.25, 0.3) is 0 Å². The van der Waals surface area contributed by atoms with Gasteiger partial charge in [0.15, 0.2) is 5.78 Å². The topological polar surface area (TPSA) is 52.3 Å². The van der Waals surface area contributed by atoms with Crippen molar-refractivity contribution in [3.63, 3.8) is 0 Å². The van der Waals surface area contributed by atoms with Crippen molar-refractivity contribution in [2.75, 3.05) is 5.73 Å².